The molecule has 0 heterocycles. The zero-order valence-electron chi connectivity index (χ0n) is 35.8. The number of benzene rings is 2. The van der Waals surface area contributed by atoms with Crippen molar-refractivity contribution in [3.05, 3.63) is 48.5 Å². The van der Waals surface area contributed by atoms with Crippen molar-refractivity contribution < 1.29 is 27.5 Å². The average molecular weight is 735 g/mol. The van der Waals surface area contributed by atoms with Crippen LogP contribution in [0.2, 0.25) is 0 Å². The molecule has 0 amide bonds. The van der Waals surface area contributed by atoms with Crippen molar-refractivity contribution >= 4 is 45.7 Å². The van der Waals surface area contributed by atoms with Gasteiger partial charge in [-0.2, -0.15) is 0 Å². The highest BCUT2D eigenvalue weighted by atomic mass is 16.2. The van der Waals surface area contributed by atoms with Gasteiger partial charge in [-0.25, -0.2) is 9.98 Å². The molecule has 1 aliphatic rings. The number of carbonyl (C=O) groups is 2. The van der Waals surface area contributed by atoms with Crippen LogP contribution in [0.25, 0.3) is 0 Å². The minimum Gasteiger partial charge on any atom is -0.371 e. The molecule has 0 radical (unpaired) electrons. The summed E-state index contributed by atoms with van der Waals surface area (Å²) in [5.41, 5.74) is 4.56. The smallest absolute Gasteiger partial charge is 0.188 e. The van der Waals surface area contributed by atoms with Crippen LogP contribution in [0.15, 0.2) is 58.5 Å². The second kappa shape index (κ2) is 18.7. The van der Waals surface area contributed by atoms with Crippen molar-refractivity contribution in [2.75, 3.05) is 147 Å². The molecule has 2 aromatic carbocycles. The molecule has 0 bridgehead atoms. The van der Waals surface area contributed by atoms with Crippen LogP contribution in [0.1, 0.15) is 39.0 Å². The first-order valence-electron chi connectivity index (χ1n) is 19.7. The van der Waals surface area contributed by atoms with Crippen molar-refractivity contribution in [1.29, 1.82) is 0 Å². The summed E-state index contributed by atoms with van der Waals surface area (Å²) in [6.07, 6.45) is 4.56. The summed E-state index contributed by atoms with van der Waals surface area (Å²) in [5, 5.41) is 0. The molecule has 0 spiro atoms. The number of anilines is 2. The van der Waals surface area contributed by atoms with Gasteiger partial charge in [0.15, 0.2) is 11.6 Å². The third kappa shape index (κ3) is 16.2. The van der Waals surface area contributed by atoms with E-state index in [4.69, 9.17) is 9.98 Å². The molecule has 1 aliphatic carbocycles. The van der Waals surface area contributed by atoms with Gasteiger partial charge in [-0.05, 0) is 55.5 Å². The largest absolute Gasteiger partial charge is 0.371 e. The number of quaternary nitrogens is 4. The second-order valence-corrected chi connectivity index (χ2v) is 19.2. The molecule has 1 saturated carbocycles. The summed E-state index contributed by atoms with van der Waals surface area (Å²) in [6.45, 7) is 10.1. The maximum atomic E-state index is 13.3. The Bertz CT molecular complexity index is 1380. The maximum absolute atomic E-state index is 13.3. The molecule has 2 aromatic rings. The lowest BCUT2D eigenvalue weighted by Gasteiger charge is -2.30. The van der Waals surface area contributed by atoms with E-state index in [1.807, 2.05) is 24.3 Å². The Morgan fingerprint density at radius 3 is 1.00 bits per heavy atom. The Balaban J connectivity index is 1.78. The van der Waals surface area contributed by atoms with E-state index in [-0.39, 0.29) is 18.0 Å². The van der Waals surface area contributed by atoms with Crippen molar-refractivity contribution in [2.24, 2.45) is 15.9 Å². The predicted molar refractivity (Wildman–Crippen MR) is 225 cm³/mol. The van der Waals surface area contributed by atoms with Crippen LogP contribution < -0.4 is 9.80 Å². The molecule has 1 fully saturated rings. The molecular weight excluding hydrogens is 661 g/mol. The van der Waals surface area contributed by atoms with Crippen LogP contribution in [-0.2, 0) is 9.59 Å². The predicted octanol–water partition coefficient (Wildman–Crippen LogP) is 5.71. The zero-order chi connectivity index (χ0) is 39.6. The van der Waals surface area contributed by atoms with E-state index >= 15 is 0 Å². The monoisotopic (exact) mass is 735 g/mol. The molecule has 0 aromatic heterocycles. The molecular formula is C43H74N8O2+4. The van der Waals surface area contributed by atoms with Gasteiger partial charge in [-0.15, -0.1) is 0 Å². The number of aliphatic imine (C=N–C) groups is 2. The first kappa shape index (κ1) is 44.0. The highest BCUT2D eigenvalue weighted by molar-refractivity contribution is 6.62. The Hall–Kier alpha value is -3.44. The SMILES string of the molecule is CC1C(=O)C(=Nc2ccc(N(CCC[N+](C)(C)C)CCC[N+](C)(C)C)cc2)CC(=Nc2ccc(N(CCC[N+](C)(C)C)CCC[N+](C)(C)C)cc2)C1=O. The van der Waals surface area contributed by atoms with Gasteiger partial charge < -0.3 is 27.7 Å². The summed E-state index contributed by atoms with van der Waals surface area (Å²) < 4.78 is 3.79. The maximum Gasteiger partial charge on any atom is 0.188 e. The van der Waals surface area contributed by atoms with Crippen molar-refractivity contribution in [2.45, 2.75) is 39.0 Å². The lowest BCUT2D eigenvalue weighted by Crippen LogP contribution is -2.40. The minimum atomic E-state index is -0.796. The Morgan fingerprint density at radius 1 is 0.491 bits per heavy atom. The van der Waals surface area contributed by atoms with E-state index in [0.717, 1.165) is 107 Å². The summed E-state index contributed by atoms with van der Waals surface area (Å²) >= 11 is 0. The Kier molecular flexibility index (Phi) is 15.5. The Labute approximate surface area is 322 Å². The van der Waals surface area contributed by atoms with Gasteiger partial charge in [0.2, 0.25) is 0 Å². The standard InChI is InChI=1S/C43H74N8O2/c1-35-42(52)40(44-36-18-22-38(23-19-36)46(26-14-30-48(2,3)4)27-15-31-49(5,6)7)34-41(43(35)53)45-37-20-24-39(25-21-37)47(28-16-32-50(8,9)10)29-17-33-51(11,12)13/h18-25,35H,14-17,26-34H2,1-13H3/q+4. The van der Waals surface area contributed by atoms with Gasteiger partial charge in [0, 0.05) is 69.7 Å². The summed E-state index contributed by atoms with van der Waals surface area (Å²) in [5.74, 6) is -1.22. The van der Waals surface area contributed by atoms with E-state index in [0.29, 0.717) is 11.4 Å². The topological polar surface area (TPSA) is 65.3 Å². The average Bonchev–Trinajstić information content (AvgIpc) is 3.03. The molecule has 0 N–H and O–H groups in total. The van der Waals surface area contributed by atoms with E-state index in [9.17, 15) is 9.59 Å². The minimum absolute atomic E-state index is 0.135. The fourth-order valence-electron chi connectivity index (χ4n) is 6.61. The highest BCUT2D eigenvalue weighted by Gasteiger charge is 2.36. The fourth-order valence-corrected chi connectivity index (χ4v) is 6.61. The number of Topliss-reactive ketones (excluding diaryl/α,β-unsaturated/α-hetero) is 2. The van der Waals surface area contributed by atoms with Gasteiger partial charge in [0.05, 0.1) is 139 Å². The van der Waals surface area contributed by atoms with E-state index < -0.39 is 5.92 Å². The Morgan fingerprint density at radius 2 is 0.755 bits per heavy atom. The number of nitrogens with zero attached hydrogens (tertiary/aromatic N) is 8. The first-order valence-corrected chi connectivity index (χ1v) is 19.7. The molecule has 3 rings (SSSR count). The van der Waals surface area contributed by atoms with Crippen molar-refractivity contribution in [1.82, 2.24) is 0 Å². The molecule has 0 aliphatic heterocycles. The number of ketones is 2. The third-order valence-corrected chi connectivity index (χ3v) is 9.68. The fraction of sp³-hybridized carbons (Fsp3) is 0.628. The van der Waals surface area contributed by atoms with Crippen LogP contribution in [0.5, 0.6) is 0 Å². The lowest BCUT2D eigenvalue weighted by molar-refractivity contribution is -0.870. The summed E-state index contributed by atoms with van der Waals surface area (Å²) in [4.78, 5) is 41.1. The molecule has 0 saturated heterocycles. The highest BCUT2D eigenvalue weighted by Crippen LogP contribution is 2.26. The number of hydrogen-bond acceptors (Lipinski definition) is 6. The van der Waals surface area contributed by atoms with Gasteiger partial charge in [0.25, 0.3) is 0 Å². The molecule has 10 heteroatoms. The zero-order valence-corrected chi connectivity index (χ0v) is 35.8. The van der Waals surface area contributed by atoms with Crippen LogP contribution in [0, 0.1) is 5.92 Å². The third-order valence-electron chi connectivity index (χ3n) is 9.68. The van der Waals surface area contributed by atoms with Crippen LogP contribution in [0.4, 0.5) is 22.7 Å². The number of rotatable bonds is 20. The first-order chi connectivity index (χ1) is 24.5. The van der Waals surface area contributed by atoms with Crippen molar-refractivity contribution in [3.8, 4) is 0 Å². The molecule has 294 valence electrons. The normalized spacial score (nSPS) is 17.6. The number of carbonyl (C=O) groups excluding carboxylic acids is 2. The molecule has 0 unspecified atom stereocenters. The molecule has 0 atom stereocenters. The summed E-state index contributed by atoms with van der Waals surface area (Å²) in [6, 6.07) is 16.4. The van der Waals surface area contributed by atoms with E-state index in [1.165, 1.54) is 11.4 Å². The summed E-state index contributed by atoms with van der Waals surface area (Å²) in [7, 11) is 26.8. The van der Waals surface area contributed by atoms with Crippen LogP contribution in [0.3, 0.4) is 0 Å². The van der Waals surface area contributed by atoms with Crippen LogP contribution in [-0.4, -0.2) is 178 Å². The van der Waals surface area contributed by atoms with Gasteiger partial charge in [-0.1, -0.05) is 0 Å². The van der Waals surface area contributed by atoms with Gasteiger partial charge in [-0.3, -0.25) is 9.59 Å². The van der Waals surface area contributed by atoms with E-state index in [2.05, 4.69) is 119 Å². The molecule has 10 nitrogen and oxygen atoms in total. The van der Waals surface area contributed by atoms with Gasteiger partial charge >= 0.3 is 0 Å². The van der Waals surface area contributed by atoms with Crippen LogP contribution >= 0.6 is 0 Å². The van der Waals surface area contributed by atoms with Gasteiger partial charge in [0.1, 0.15) is 0 Å². The number of hydrogen-bond donors (Lipinski definition) is 0. The quantitative estimate of drug-likeness (QED) is 0.129. The molecule has 53 heavy (non-hydrogen) atoms. The second-order valence-electron chi connectivity index (χ2n) is 19.2. The van der Waals surface area contributed by atoms with E-state index in [1.54, 1.807) is 6.92 Å². The van der Waals surface area contributed by atoms with Crippen molar-refractivity contribution in [3.63, 3.8) is 0 Å². The lowest BCUT2D eigenvalue weighted by atomic mass is 9.85.